The van der Waals surface area contributed by atoms with E-state index in [1.165, 1.54) is 27.8 Å². The zero-order valence-corrected chi connectivity index (χ0v) is 25.9. The molecule has 2 aromatic carbocycles. The van der Waals surface area contributed by atoms with Crippen LogP contribution in [0.4, 0.5) is 0 Å². The van der Waals surface area contributed by atoms with Crippen LogP contribution in [0.25, 0.3) is 16.7 Å². The molecule has 2 aliphatic rings. The van der Waals surface area contributed by atoms with Crippen molar-refractivity contribution >= 4 is 11.5 Å². The fourth-order valence-corrected chi connectivity index (χ4v) is 14.7. The van der Waals surface area contributed by atoms with E-state index in [0.717, 1.165) is 6.42 Å². The van der Waals surface area contributed by atoms with Gasteiger partial charge < -0.3 is 24.8 Å². The Balaban J connectivity index is 0.00000181. The quantitative estimate of drug-likeness (QED) is 0.501. The second-order valence-electron chi connectivity index (χ2n) is 11.3. The zero-order chi connectivity index (χ0) is 21.8. The molecule has 4 rings (SSSR count). The SMILES string of the molecule is C[SiH](C)[Zr+2][CH]1c2cc(C(C)(C)C)ccc2-c2ccc(C(C)(C)C)c(C3=CC=CC3)c21.[Cl-].[Cl-]. The molecule has 0 spiro atoms. The van der Waals surface area contributed by atoms with Gasteiger partial charge in [-0.2, -0.15) is 0 Å². The predicted octanol–water partition coefficient (Wildman–Crippen LogP) is 1.77. The average molecular weight is 563 g/mol. The minimum absolute atomic E-state index is 0. The van der Waals surface area contributed by atoms with E-state index in [0.29, 0.717) is 3.63 Å². The van der Waals surface area contributed by atoms with Gasteiger partial charge in [0.15, 0.2) is 0 Å². The van der Waals surface area contributed by atoms with Crippen LogP contribution in [0.15, 0.2) is 48.6 Å². The maximum atomic E-state index is 2.58. The molecule has 0 saturated heterocycles. The zero-order valence-electron chi connectivity index (χ0n) is 20.7. The van der Waals surface area contributed by atoms with Gasteiger partial charge in [0.05, 0.1) is 0 Å². The summed E-state index contributed by atoms with van der Waals surface area (Å²) in [6.07, 6.45) is 8.05. The minimum atomic E-state index is -0.576. The third-order valence-electron chi connectivity index (χ3n) is 6.45. The van der Waals surface area contributed by atoms with Crippen LogP contribution in [-0.4, -0.2) is 5.92 Å². The number of hydrogen-bond donors (Lipinski definition) is 0. The minimum Gasteiger partial charge on any atom is -1.00 e. The van der Waals surface area contributed by atoms with E-state index >= 15 is 0 Å². The summed E-state index contributed by atoms with van der Waals surface area (Å²) in [6, 6.07) is 12.3. The van der Waals surface area contributed by atoms with Gasteiger partial charge >= 0.3 is 197 Å². The second kappa shape index (κ2) is 10.1. The Hall–Kier alpha value is -0.400. The van der Waals surface area contributed by atoms with Crippen molar-refractivity contribution in [1.29, 1.82) is 0 Å². The van der Waals surface area contributed by atoms with Crippen molar-refractivity contribution in [3.63, 3.8) is 0 Å². The molecular formula is C28H36Cl2SiZr. The summed E-state index contributed by atoms with van der Waals surface area (Å²) < 4.78 is 0.714. The standard InChI is InChI=1S/C26H29.C2H7Si.2ClH.Zr/c1-25(2,3)19-11-12-20-18(15-19)16-22-21(20)13-14-23(26(4,5)6)24(22)17-9-7-8-10-17;1-3-2;;;/h7-9,11-16H,10H2,1-6H3;3H,1-2H3;2*1H;/q;;;;+2/p-2. The van der Waals surface area contributed by atoms with Crippen molar-refractivity contribution in [3.8, 4) is 11.1 Å². The van der Waals surface area contributed by atoms with Crippen LogP contribution < -0.4 is 24.8 Å². The Morgan fingerprint density at radius 2 is 1.53 bits per heavy atom. The van der Waals surface area contributed by atoms with Crippen LogP contribution in [-0.2, 0) is 33.2 Å². The van der Waals surface area contributed by atoms with E-state index in [-0.39, 0.29) is 35.6 Å². The Morgan fingerprint density at radius 1 is 0.875 bits per heavy atom. The Morgan fingerprint density at radius 3 is 2.06 bits per heavy atom. The normalized spacial score (nSPS) is 16.7. The Labute approximate surface area is 220 Å². The Kier molecular flexibility index (Phi) is 8.76. The molecule has 1 atom stereocenters. The molecule has 170 valence electrons. The van der Waals surface area contributed by atoms with Gasteiger partial charge in [-0.1, -0.05) is 0 Å². The van der Waals surface area contributed by atoms with Crippen LogP contribution >= 0.6 is 0 Å². The molecule has 4 heteroatoms. The van der Waals surface area contributed by atoms with Gasteiger partial charge in [0.2, 0.25) is 0 Å². The third-order valence-corrected chi connectivity index (χ3v) is 16.3. The average Bonchev–Trinajstić information content (AvgIpc) is 3.26. The van der Waals surface area contributed by atoms with E-state index in [9.17, 15) is 0 Å². The number of allylic oxidation sites excluding steroid dienone is 4. The molecule has 32 heavy (non-hydrogen) atoms. The molecule has 0 amide bonds. The first-order valence-electron chi connectivity index (χ1n) is 11.4. The van der Waals surface area contributed by atoms with Crippen LogP contribution in [0, 0.1) is 0 Å². The van der Waals surface area contributed by atoms with Crippen molar-refractivity contribution < 1.29 is 47.2 Å². The summed E-state index contributed by atoms with van der Waals surface area (Å²) in [4.78, 5) is 0. The molecule has 0 heterocycles. The van der Waals surface area contributed by atoms with Gasteiger partial charge in [0, 0.05) is 0 Å². The van der Waals surface area contributed by atoms with Crippen molar-refractivity contribution in [2.75, 3.05) is 0 Å². The molecule has 0 nitrogen and oxygen atoms in total. The molecule has 0 fully saturated rings. The van der Waals surface area contributed by atoms with Gasteiger partial charge in [-0.3, -0.25) is 0 Å². The molecule has 0 aliphatic heterocycles. The summed E-state index contributed by atoms with van der Waals surface area (Å²) in [5.74, 6) is -0.576. The predicted molar refractivity (Wildman–Crippen MR) is 132 cm³/mol. The van der Waals surface area contributed by atoms with Crippen LogP contribution in [0.2, 0.25) is 13.1 Å². The summed E-state index contributed by atoms with van der Waals surface area (Å²) >= 11 is -0.510. The number of fused-ring (bicyclic) bond motifs is 3. The monoisotopic (exact) mass is 560 g/mol. The van der Waals surface area contributed by atoms with Crippen molar-refractivity contribution in [2.24, 2.45) is 0 Å². The molecule has 0 bridgehead atoms. The third kappa shape index (κ3) is 5.14. The van der Waals surface area contributed by atoms with Gasteiger partial charge in [0.25, 0.3) is 0 Å². The smallest absolute Gasteiger partial charge is 1.00 e. The maximum Gasteiger partial charge on any atom is -1.00 e. The molecule has 0 radical (unpaired) electrons. The molecule has 1 unspecified atom stereocenters. The number of hydrogen-bond acceptors (Lipinski definition) is 0. The number of rotatable bonds is 3. The first-order chi connectivity index (χ1) is 14.0. The van der Waals surface area contributed by atoms with Crippen molar-refractivity contribution in [3.05, 3.63) is 76.4 Å². The summed E-state index contributed by atoms with van der Waals surface area (Å²) in [5.41, 5.74) is 12.9. The summed E-state index contributed by atoms with van der Waals surface area (Å²) in [5, 5.41) is 0. The fraction of sp³-hybridized carbons (Fsp3) is 0.429. The van der Waals surface area contributed by atoms with Crippen molar-refractivity contribution in [1.82, 2.24) is 0 Å². The van der Waals surface area contributed by atoms with Gasteiger partial charge in [0.1, 0.15) is 0 Å². The molecule has 2 aromatic rings. The fourth-order valence-electron chi connectivity index (χ4n) is 4.93. The van der Waals surface area contributed by atoms with Crippen LogP contribution in [0.5, 0.6) is 0 Å². The topological polar surface area (TPSA) is 0 Å². The summed E-state index contributed by atoms with van der Waals surface area (Å²) in [6.45, 7) is 19.4. The van der Waals surface area contributed by atoms with Gasteiger partial charge in [-0.15, -0.1) is 0 Å². The van der Waals surface area contributed by atoms with E-state index in [4.69, 9.17) is 0 Å². The first kappa shape index (κ1) is 27.8. The molecule has 2 aliphatic carbocycles. The molecule has 0 saturated carbocycles. The van der Waals surface area contributed by atoms with Crippen LogP contribution in [0.1, 0.15) is 79.4 Å². The Bertz CT molecular complexity index is 1050. The van der Waals surface area contributed by atoms with E-state index in [1.54, 1.807) is 16.7 Å². The molecular weight excluding hydrogens is 527 g/mol. The van der Waals surface area contributed by atoms with E-state index in [2.05, 4.69) is 103 Å². The second-order valence-corrected chi connectivity index (χ2v) is 26.4. The maximum absolute atomic E-state index is 2.58. The van der Waals surface area contributed by atoms with Crippen LogP contribution in [0.3, 0.4) is 0 Å². The van der Waals surface area contributed by atoms with Gasteiger partial charge in [-0.25, -0.2) is 0 Å². The number of benzene rings is 2. The van der Waals surface area contributed by atoms with E-state index in [1.807, 2.05) is 0 Å². The van der Waals surface area contributed by atoms with Crippen molar-refractivity contribution in [2.45, 2.75) is 75.5 Å². The van der Waals surface area contributed by atoms with E-state index < -0.39 is 28.3 Å². The largest absolute Gasteiger partial charge is 1.00 e. The van der Waals surface area contributed by atoms with Gasteiger partial charge in [-0.05, 0) is 0 Å². The molecule has 0 N–H and O–H groups in total. The number of halogens is 2. The first-order valence-corrected chi connectivity index (χ1v) is 20.0. The molecule has 0 aromatic heterocycles. The summed E-state index contributed by atoms with van der Waals surface area (Å²) in [7, 11) is 0.